The Kier molecular flexibility index (Phi) is 5.62. The molecular formula is C16H22ClN3O2S. The van der Waals surface area contributed by atoms with Gasteiger partial charge in [0.2, 0.25) is 10.0 Å². The second-order valence-electron chi connectivity index (χ2n) is 5.89. The molecule has 2 N–H and O–H groups in total. The Bertz CT molecular complexity index is 795. The number of piperidine rings is 1. The van der Waals surface area contributed by atoms with E-state index in [9.17, 15) is 8.42 Å². The number of sulfonamides is 1. The van der Waals surface area contributed by atoms with Gasteiger partial charge in [0.25, 0.3) is 0 Å². The Morgan fingerprint density at radius 1 is 1.30 bits per heavy atom. The van der Waals surface area contributed by atoms with Gasteiger partial charge in [0.15, 0.2) is 0 Å². The average molecular weight is 356 g/mol. The highest BCUT2D eigenvalue weighted by Crippen LogP contribution is 2.25. The van der Waals surface area contributed by atoms with Crippen LogP contribution in [0.25, 0.3) is 10.9 Å². The fraction of sp³-hybridized carbons (Fsp3) is 0.438. The maximum Gasteiger partial charge on any atom is 0.241 e. The van der Waals surface area contributed by atoms with Gasteiger partial charge >= 0.3 is 0 Å². The van der Waals surface area contributed by atoms with E-state index in [4.69, 9.17) is 0 Å². The van der Waals surface area contributed by atoms with Crippen molar-refractivity contribution >= 4 is 33.3 Å². The zero-order valence-corrected chi connectivity index (χ0v) is 14.9. The van der Waals surface area contributed by atoms with Gasteiger partial charge in [-0.3, -0.25) is 4.98 Å². The van der Waals surface area contributed by atoms with E-state index < -0.39 is 10.0 Å². The fourth-order valence-electron chi connectivity index (χ4n) is 2.99. The number of halogens is 1. The first-order valence-electron chi connectivity index (χ1n) is 7.59. The normalized spacial score (nSPS) is 21.8. The van der Waals surface area contributed by atoms with Crippen molar-refractivity contribution in [1.82, 2.24) is 15.0 Å². The molecule has 7 heteroatoms. The van der Waals surface area contributed by atoms with Crippen LogP contribution in [0.3, 0.4) is 0 Å². The van der Waals surface area contributed by atoms with Crippen LogP contribution in [0.4, 0.5) is 0 Å². The number of hydrogen-bond acceptors (Lipinski definition) is 4. The van der Waals surface area contributed by atoms with Gasteiger partial charge in [-0.15, -0.1) is 12.4 Å². The monoisotopic (exact) mass is 355 g/mol. The number of aryl methyl sites for hydroxylation is 1. The lowest BCUT2D eigenvalue weighted by Crippen LogP contribution is -2.51. The molecule has 5 nitrogen and oxygen atoms in total. The van der Waals surface area contributed by atoms with Crippen molar-refractivity contribution in [3.63, 3.8) is 0 Å². The highest BCUT2D eigenvalue weighted by Gasteiger charge is 2.27. The summed E-state index contributed by atoms with van der Waals surface area (Å²) in [7, 11) is -3.57. The molecule has 2 aromatic rings. The summed E-state index contributed by atoms with van der Waals surface area (Å²) < 4.78 is 28.5. The molecular weight excluding hydrogens is 334 g/mol. The van der Waals surface area contributed by atoms with Gasteiger partial charge in [-0.1, -0.05) is 6.07 Å². The Labute approximate surface area is 143 Å². The molecule has 0 bridgehead atoms. The molecule has 0 spiro atoms. The highest BCUT2D eigenvalue weighted by molar-refractivity contribution is 7.89. The van der Waals surface area contributed by atoms with Crippen LogP contribution in [0.15, 0.2) is 35.4 Å². The van der Waals surface area contributed by atoms with Crippen molar-refractivity contribution in [1.29, 1.82) is 0 Å². The van der Waals surface area contributed by atoms with E-state index in [0.717, 1.165) is 30.5 Å². The van der Waals surface area contributed by atoms with E-state index >= 15 is 0 Å². The van der Waals surface area contributed by atoms with Gasteiger partial charge in [0.1, 0.15) is 0 Å². The zero-order chi connectivity index (χ0) is 15.7. The quantitative estimate of drug-likeness (QED) is 0.886. The van der Waals surface area contributed by atoms with Crippen LogP contribution in [0.1, 0.15) is 25.3 Å². The van der Waals surface area contributed by atoms with E-state index in [1.807, 2.05) is 26.0 Å². The summed E-state index contributed by atoms with van der Waals surface area (Å²) in [6, 6.07) is 7.12. The first-order valence-corrected chi connectivity index (χ1v) is 9.07. The van der Waals surface area contributed by atoms with Crippen molar-refractivity contribution in [2.24, 2.45) is 0 Å². The molecule has 1 fully saturated rings. The van der Waals surface area contributed by atoms with Gasteiger partial charge in [-0.2, -0.15) is 0 Å². The smallest absolute Gasteiger partial charge is 0.241 e. The van der Waals surface area contributed by atoms with Crippen LogP contribution in [-0.2, 0) is 10.0 Å². The van der Waals surface area contributed by atoms with Gasteiger partial charge in [-0.05, 0) is 57.0 Å². The number of nitrogens with zero attached hydrogens (tertiary/aromatic N) is 1. The molecule has 1 aliphatic heterocycles. The van der Waals surface area contributed by atoms with E-state index in [0.29, 0.717) is 10.3 Å². The fourth-order valence-corrected chi connectivity index (χ4v) is 4.54. The molecule has 0 amide bonds. The molecule has 3 rings (SSSR count). The number of hydrogen-bond donors (Lipinski definition) is 2. The predicted molar refractivity (Wildman–Crippen MR) is 94.5 cm³/mol. The van der Waals surface area contributed by atoms with Crippen LogP contribution in [-0.4, -0.2) is 32.0 Å². The summed E-state index contributed by atoms with van der Waals surface area (Å²) >= 11 is 0. The lowest BCUT2D eigenvalue weighted by atomic mass is 10.0. The number of nitrogens with one attached hydrogen (secondary N) is 2. The molecule has 1 saturated heterocycles. The molecule has 126 valence electrons. The van der Waals surface area contributed by atoms with Crippen molar-refractivity contribution in [2.45, 2.75) is 43.7 Å². The van der Waals surface area contributed by atoms with Crippen LogP contribution in [0.5, 0.6) is 0 Å². The summed E-state index contributed by atoms with van der Waals surface area (Å²) in [6.07, 6.45) is 3.52. The third-order valence-corrected chi connectivity index (χ3v) is 5.84. The third kappa shape index (κ3) is 3.66. The molecule has 2 atom stereocenters. The van der Waals surface area contributed by atoms with Gasteiger partial charge in [0, 0.05) is 23.7 Å². The first kappa shape index (κ1) is 18.1. The number of pyridine rings is 1. The Morgan fingerprint density at radius 3 is 2.83 bits per heavy atom. The van der Waals surface area contributed by atoms with Crippen LogP contribution < -0.4 is 10.0 Å². The standard InChI is InChI=1S/C16H21N3O2S.ClH/c1-11-7-8-15(13-5-3-10-18-16(11)13)22(20,21)19-14-6-4-9-17-12(14)2;/h3,5,7-8,10,12,14,17,19H,4,6,9H2,1-2H3;1H. The molecule has 0 radical (unpaired) electrons. The van der Waals surface area contributed by atoms with E-state index in [2.05, 4.69) is 15.0 Å². The van der Waals surface area contributed by atoms with Gasteiger partial charge < -0.3 is 5.32 Å². The largest absolute Gasteiger partial charge is 0.313 e. The van der Waals surface area contributed by atoms with Crippen molar-refractivity contribution < 1.29 is 8.42 Å². The van der Waals surface area contributed by atoms with E-state index in [-0.39, 0.29) is 24.5 Å². The number of aromatic nitrogens is 1. The minimum Gasteiger partial charge on any atom is -0.313 e. The summed E-state index contributed by atoms with van der Waals surface area (Å²) in [4.78, 5) is 4.62. The SMILES string of the molecule is Cc1ccc(S(=O)(=O)NC2CCCNC2C)c2cccnc12.Cl. The van der Waals surface area contributed by atoms with Gasteiger partial charge in [0.05, 0.1) is 10.4 Å². The van der Waals surface area contributed by atoms with Crippen LogP contribution in [0.2, 0.25) is 0 Å². The number of benzene rings is 1. The predicted octanol–water partition coefficient (Wildman–Crippen LogP) is 2.38. The average Bonchev–Trinajstić information content (AvgIpc) is 2.50. The molecule has 0 aliphatic carbocycles. The molecule has 2 unspecified atom stereocenters. The maximum absolute atomic E-state index is 12.8. The summed E-state index contributed by atoms with van der Waals surface area (Å²) in [5, 5.41) is 3.99. The van der Waals surface area contributed by atoms with Gasteiger partial charge in [-0.25, -0.2) is 13.1 Å². The summed E-state index contributed by atoms with van der Waals surface area (Å²) in [6.45, 7) is 4.89. The molecule has 2 heterocycles. The van der Waals surface area contributed by atoms with Crippen LogP contribution in [0, 0.1) is 6.92 Å². The lowest BCUT2D eigenvalue weighted by Gasteiger charge is -2.30. The lowest BCUT2D eigenvalue weighted by molar-refractivity contribution is 0.349. The maximum atomic E-state index is 12.8. The van der Waals surface area contributed by atoms with E-state index in [1.54, 1.807) is 18.3 Å². The highest BCUT2D eigenvalue weighted by atomic mass is 35.5. The second-order valence-corrected chi connectivity index (χ2v) is 7.58. The number of rotatable bonds is 3. The zero-order valence-electron chi connectivity index (χ0n) is 13.2. The van der Waals surface area contributed by atoms with Crippen molar-refractivity contribution in [2.75, 3.05) is 6.54 Å². The first-order chi connectivity index (χ1) is 10.5. The Balaban J connectivity index is 0.00000192. The number of fused-ring (bicyclic) bond motifs is 1. The molecule has 0 saturated carbocycles. The Morgan fingerprint density at radius 2 is 2.09 bits per heavy atom. The summed E-state index contributed by atoms with van der Waals surface area (Å²) in [5.41, 5.74) is 1.71. The summed E-state index contributed by atoms with van der Waals surface area (Å²) in [5.74, 6) is 0. The molecule has 23 heavy (non-hydrogen) atoms. The topological polar surface area (TPSA) is 71.1 Å². The molecule has 1 aromatic carbocycles. The molecule has 1 aromatic heterocycles. The molecule has 1 aliphatic rings. The third-order valence-electron chi connectivity index (χ3n) is 4.29. The minimum absolute atomic E-state index is 0. The van der Waals surface area contributed by atoms with Crippen LogP contribution >= 0.6 is 12.4 Å². The van der Waals surface area contributed by atoms with E-state index in [1.165, 1.54) is 0 Å². The second kappa shape index (κ2) is 7.13. The van der Waals surface area contributed by atoms with Crippen molar-refractivity contribution in [3.8, 4) is 0 Å². The Hall–Kier alpha value is -1.21. The van der Waals surface area contributed by atoms with Crippen molar-refractivity contribution in [3.05, 3.63) is 36.0 Å². The minimum atomic E-state index is -3.57.